The van der Waals surface area contributed by atoms with E-state index in [1.807, 2.05) is 5.38 Å². The molecule has 4 rings (SSSR count). The lowest BCUT2D eigenvalue weighted by molar-refractivity contribution is -0.154. The summed E-state index contributed by atoms with van der Waals surface area (Å²) in [6.45, 7) is -2.67. The van der Waals surface area contributed by atoms with E-state index in [1.165, 1.54) is 58.3 Å². The van der Waals surface area contributed by atoms with Crippen LogP contribution in [0.2, 0.25) is 10.0 Å². The van der Waals surface area contributed by atoms with Gasteiger partial charge in [-0.1, -0.05) is 58.9 Å². The zero-order valence-corrected chi connectivity index (χ0v) is 26.6. The van der Waals surface area contributed by atoms with Crippen LogP contribution in [0.25, 0.3) is 0 Å². The summed E-state index contributed by atoms with van der Waals surface area (Å²) in [6, 6.07) is 9.32. The first-order valence-electron chi connectivity index (χ1n) is 11.0. The first-order valence-corrected chi connectivity index (χ1v) is 16.2. The van der Waals surface area contributed by atoms with Crippen molar-refractivity contribution < 1.29 is 35.8 Å². The molecule has 0 aliphatic heterocycles. The predicted molar refractivity (Wildman–Crippen MR) is 157 cm³/mol. The van der Waals surface area contributed by atoms with Gasteiger partial charge in [0.05, 0.1) is 9.98 Å². The summed E-state index contributed by atoms with van der Waals surface area (Å²) in [5, 5.41) is 2.59. The molecule has 0 unspecified atom stereocenters. The van der Waals surface area contributed by atoms with E-state index in [0.29, 0.717) is 32.7 Å². The van der Waals surface area contributed by atoms with Gasteiger partial charge in [0.25, 0.3) is 0 Å². The van der Waals surface area contributed by atoms with Crippen LogP contribution in [0, 0.1) is 0 Å². The first-order chi connectivity index (χ1) is 19.3. The van der Waals surface area contributed by atoms with Gasteiger partial charge >= 0.3 is 12.4 Å². The van der Waals surface area contributed by atoms with Crippen LogP contribution < -0.4 is 9.47 Å². The molecule has 0 aliphatic rings. The second-order valence-corrected chi connectivity index (χ2v) is 14.1. The Bertz CT molecular complexity index is 1390. The molecule has 0 bridgehead atoms. The number of ether oxygens (including phenoxy) is 2. The van der Waals surface area contributed by atoms with E-state index in [-0.39, 0.29) is 11.5 Å². The summed E-state index contributed by atoms with van der Waals surface area (Å²) >= 11 is 21.1. The van der Waals surface area contributed by atoms with Crippen LogP contribution in [-0.2, 0) is 11.5 Å². The van der Waals surface area contributed by atoms with Gasteiger partial charge in [0.2, 0.25) is 0 Å². The number of alkyl halides is 6. The molecule has 0 fully saturated rings. The summed E-state index contributed by atoms with van der Waals surface area (Å²) in [5.41, 5.74) is 1.07. The van der Waals surface area contributed by atoms with Gasteiger partial charge in [0.15, 0.2) is 17.6 Å². The minimum absolute atomic E-state index is 0.142. The number of thioether (sulfide) groups is 2. The third-order valence-corrected chi connectivity index (χ3v) is 9.84. The maximum absolute atomic E-state index is 12.3. The van der Waals surface area contributed by atoms with E-state index in [1.54, 1.807) is 36.7 Å². The standard InChI is InChI=1S/C12H8BrClF3NOS2.C12H9ClF3NOS2/c13-10-4-18-11(21-10)20-5-7-8(14)2-1-3-9(7)19-6-12(15,16)17;13-9-2-1-3-10(18-7-12(14,15)16)8(9)6-20-11-17-4-5-19-11/h1-4H,5-6H2;1-5H,6-7H2. The number of halogens is 9. The monoisotopic (exact) mass is 756 g/mol. The van der Waals surface area contributed by atoms with Crippen LogP contribution in [0.15, 0.2) is 66.6 Å². The van der Waals surface area contributed by atoms with E-state index in [4.69, 9.17) is 32.7 Å². The number of thiazole rings is 2. The minimum Gasteiger partial charge on any atom is -0.484 e. The number of benzene rings is 2. The molecule has 0 atom stereocenters. The van der Waals surface area contributed by atoms with Crippen molar-refractivity contribution in [1.82, 2.24) is 9.97 Å². The average molecular weight is 758 g/mol. The molecule has 2 heterocycles. The van der Waals surface area contributed by atoms with Crippen molar-refractivity contribution in [2.75, 3.05) is 13.2 Å². The zero-order chi connectivity index (χ0) is 30.0. The lowest BCUT2D eigenvalue weighted by atomic mass is 10.2. The molecule has 222 valence electrons. The van der Waals surface area contributed by atoms with Crippen LogP contribution in [0.4, 0.5) is 26.3 Å². The Morgan fingerprint density at radius 3 is 1.71 bits per heavy atom. The average Bonchev–Trinajstić information content (AvgIpc) is 3.56. The third-order valence-electron chi connectivity index (χ3n) is 4.48. The molecule has 4 aromatic rings. The second-order valence-electron chi connectivity index (χ2n) is 7.55. The maximum Gasteiger partial charge on any atom is 0.422 e. The molecule has 17 heteroatoms. The Morgan fingerprint density at radius 2 is 1.29 bits per heavy atom. The highest BCUT2D eigenvalue weighted by atomic mass is 79.9. The smallest absolute Gasteiger partial charge is 0.422 e. The van der Waals surface area contributed by atoms with Crippen molar-refractivity contribution in [3.05, 3.63) is 79.1 Å². The summed E-state index contributed by atoms with van der Waals surface area (Å²) in [6.07, 6.45) is -5.42. The Balaban J connectivity index is 0.000000226. The van der Waals surface area contributed by atoms with E-state index in [9.17, 15) is 26.3 Å². The first kappa shape index (κ1) is 34.1. The highest BCUT2D eigenvalue weighted by Gasteiger charge is 2.30. The number of hydrogen-bond acceptors (Lipinski definition) is 8. The molecule has 41 heavy (non-hydrogen) atoms. The second kappa shape index (κ2) is 15.9. The van der Waals surface area contributed by atoms with Crippen molar-refractivity contribution in [2.45, 2.75) is 32.5 Å². The Labute approximate surface area is 265 Å². The molecule has 0 saturated carbocycles. The largest absolute Gasteiger partial charge is 0.484 e. The molecule has 0 N–H and O–H groups in total. The summed E-state index contributed by atoms with van der Waals surface area (Å²) in [5.74, 6) is 1.08. The highest BCUT2D eigenvalue weighted by molar-refractivity contribution is 9.11. The van der Waals surface area contributed by atoms with Crippen LogP contribution in [-0.4, -0.2) is 35.5 Å². The van der Waals surface area contributed by atoms with Gasteiger partial charge in [-0.2, -0.15) is 26.3 Å². The quantitative estimate of drug-likeness (QED) is 0.119. The fourth-order valence-electron chi connectivity index (χ4n) is 2.80. The lowest BCUT2D eigenvalue weighted by Gasteiger charge is -2.13. The van der Waals surface area contributed by atoms with Crippen molar-refractivity contribution in [2.24, 2.45) is 0 Å². The molecule has 4 nitrogen and oxygen atoms in total. The molecule has 0 saturated heterocycles. The molecule has 2 aromatic carbocycles. The maximum atomic E-state index is 12.3. The highest BCUT2D eigenvalue weighted by Crippen LogP contribution is 2.37. The van der Waals surface area contributed by atoms with Gasteiger partial charge in [0.1, 0.15) is 15.8 Å². The number of nitrogens with zero attached hydrogens (tertiary/aromatic N) is 2. The number of hydrogen-bond donors (Lipinski definition) is 0. The molecule has 0 amide bonds. The van der Waals surface area contributed by atoms with Crippen molar-refractivity contribution in [3.8, 4) is 11.5 Å². The van der Waals surface area contributed by atoms with Gasteiger partial charge in [-0.3, -0.25) is 0 Å². The normalized spacial score (nSPS) is 11.6. The fourth-order valence-corrected chi connectivity index (χ4v) is 7.74. The van der Waals surface area contributed by atoms with Gasteiger partial charge in [-0.05, 0) is 40.2 Å². The van der Waals surface area contributed by atoms with Gasteiger partial charge in [-0.25, -0.2) is 9.97 Å². The SMILES string of the molecule is FC(F)(F)COc1cccc(Cl)c1CSc1ncc(Br)s1.FC(F)(F)COc1cccc(Cl)c1CSc1nccs1. The van der Waals surface area contributed by atoms with Crippen LogP contribution in [0.1, 0.15) is 11.1 Å². The predicted octanol–water partition coefficient (Wildman–Crippen LogP) is 10.8. The zero-order valence-electron chi connectivity index (χ0n) is 20.3. The lowest BCUT2D eigenvalue weighted by Crippen LogP contribution is -2.19. The van der Waals surface area contributed by atoms with Crippen molar-refractivity contribution >= 4 is 85.3 Å². The number of rotatable bonds is 10. The Morgan fingerprint density at radius 1 is 0.780 bits per heavy atom. The fraction of sp³-hybridized carbons (Fsp3) is 0.250. The van der Waals surface area contributed by atoms with Gasteiger partial charge in [-0.15, -0.1) is 22.7 Å². The van der Waals surface area contributed by atoms with Crippen LogP contribution in [0.5, 0.6) is 11.5 Å². The third kappa shape index (κ3) is 12.4. The molecule has 0 aliphatic carbocycles. The molecule has 2 aromatic heterocycles. The summed E-state index contributed by atoms with van der Waals surface area (Å²) in [4.78, 5) is 8.24. The van der Waals surface area contributed by atoms with Crippen LogP contribution in [0.3, 0.4) is 0 Å². The molecule has 0 radical (unpaired) electrons. The van der Waals surface area contributed by atoms with Gasteiger partial charge in [0, 0.05) is 44.3 Å². The number of aromatic nitrogens is 2. The molecular formula is C24H17BrCl2F6N2O2S4. The summed E-state index contributed by atoms with van der Waals surface area (Å²) < 4.78 is 85.5. The van der Waals surface area contributed by atoms with Crippen molar-refractivity contribution in [3.63, 3.8) is 0 Å². The molecular weight excluding hydrogens is 741 g/mol. The topological polar surface area (TPSA) is 44.2 Å². The van der Waals surface area contributed by atoms with Crippen molar-refractivity contribution in [1.29, 1.82) is 0 Å². The minimum atomic E-state index is -4.38. The molecule has 0 spiro atoms. The van der Waals surface area contributed by atoms with E-state index in [0.717, 1.165) is 12.5 Å². The van der Waals surface area contributed by atoms with E-state index in [2.05, 4.69) is 25.9 Å². The van der Waals surface area contributed by atoms with Gasteiger partial charge < -0.3 is 9.47 Å². The Hall–Kier alpha value is -1.36. The Kier molecular flexibility index (Phi) is 13.3. The van der Waals surface area contributed by atoms with E-state index >= 15 is 0 Å². The van der Waals surface area contributed by atoms with Crippen LogP contribution >= 0.6 is 85.3 Å². The summed E-state index contributed by atoms with van der Waals surface area (Å²) in [7, 11) is 0. The van der Waals surface area contributed by atoms with E-state index < -0.39 is 25.6 Å².